The van der Waals surface area contributed by atoms with Crippen molar-refractivity contribution in [1.82, 2.24) is 4.90 Å². The summed E-state index contributed by atoms with van der Waals surface area (Å²) in [5.74, 6) is 0.815. The van der Waals surface area contributed by atoms with E-state index >= 15 is 0 Å². The highest BCUT2D eigenvalue weighted by Gasteiger charge is 2.23. The summed E-state index contributed by atoms with van der Waals surface area (Å²) >= 11 is 3.47. The van der Waals surface area contributed by atoms with E-state index in [1.807, 2.05) is 36.9 Å². The third kappa shape index (κ3) is 3.72. The maximum Gasteiger partial charge on any atom is 0.263 e. The third-order valence-corrected chi connectivity index (χ3v) is 4.03. The lowest BCUT2D eigenvalue weighted by Crippen LogP contribution is -2.43. The average molecular weight is 326 g/mol. The normalized spacial score (nSPS) is 17.1. The van der Waals surface area contributed by atoms with Crippen molar-refractivity contribution in [2.24, 2.45) is 0 Å². The van der Waals surface area contributed by atoms with E-state index in [2.05, 4.69) is 15.9 Å². The lowest BCUT2D eigenvalue weighted by Gasteiger charge is -2.29. The molecule has 4 heteroatoms. The van der Waals surface area contributed by atoms with Crippen LogP contribution in [0.25, 0.3) is 0 Å². The standard InChI is InChI=1S/C15H20BrNO2/c1-11-6-7-14(13(16)10-11)19-12(2)15(18)17-8-4-3-5-9-17/h6-7,10,12H,3-5,8-9H2,1-2H3. The van der Waals surface area contributed by atoms with Crippen LogP contribution in [0, 0.1) is 6.92 Å². The fourth-order valence-corrected chi connectivity index (χ4v) is 2.90. The van der Waals surface area contributed by atoms with Gasteiger partial charge in [0.05, 0.1) is 4.47 Å². The molecule has 1 atom stereocenters. The predicted molar refractivity (Wildman–Crippen MR) is 79.4 cm³/mol. The van der Waals surface area contributed by atoms with Gasteiger partial charge < -0.3 is 9.64 Å². The first-order valence-electron chi connectivity index (χ1n) is 6.79. The minimum atomic E-state index is -0.433. The maximum atomic E-state index is 12.3. The molecule has 1 aliphatic heterocycles. The third-order valence-electron chi connectivity index (χ3n) is 3.41. The summed E-state index contributed by atoms with van der Waals surface area (Å²) in [6, 6.07) is 5.88. The molecule has 1 amide bonds. The zero-order valence-corrected chi connectivity index (χ0v) is 13.1. The number of rotatable bonds is 3. The molecule has 0 radical (unpaired) electrons. The van der Waals surface area contributed by atoms with Crippen LogP contribution in [0.1, 0.15) is 31.7 Å². The molecule has 1 fully saturated rings. The summed E-state index contributed by atoms with van der Waals surface area (Å²) in [6.45, 7) is 5.57. The minimum absolute atomic E-state index is 0.0900. The second-order valence-corrected chi connectivity index (χ2v) is 5.93. The predicted octanol–water partition coefficient (Wildman–Crippen LogP) is 3.54. The summed E-state index contributed by atoms with van der Waals surface area (Å²) < 4.78 is 6.67. The first-order chi connectivity index (χ1) is 9.08. The van der Waals surface area contributed by atoms with Crippen LogP contribution in [0.5, 0.6) is 5.75 Å². The van der Waals surface area contributed by atoms with Gasteiger partial charge in [0.1, 0.15) is 5.75 Å². The molecule has 104 valence electrons. The number of amides is 1. The molecule has 1 aromatic carbocycles. The van der Waals surface area contributed by atoms with E-state index in [-0.39, 0.29) is 5.91 Å². The van der Waals surface area contributed by atoms with Crippen molar-refractivity contribution in [2.75, 3.05) is 13.1 Å². The van der Waals surface area contributed by atoms with Gasteiger partial charge in [-0.3, -0.25) is 4.79 Å². The average Bonchev–Trinajstić information content (AvgIpc) is 2.42. The fraction of sp³-hybridized carbons (Fsp3) is 0.533. The molecule has 1 heterocycles. The summed E-state index contributed by atoms with van der Waals surface area (Å²) in [7, 11) is 0. The number of aryl methyl sites for hydroxylation is 1. The molecular weight excluding hydrogens is 306 g/mol. The first kappa shape index (κ1) is 14.4. The molecule has 1 aromatic rings. The molecule has 1 unspecified atom stereocenters. The SMILES string of the molecule is Cc1ccc(OC(C)C(=O)N2CCCCC2)c(Br)c1. The molecule has 0 aromatic heterocycles. The van der Waals surface area contributed by atoms with E-state index in [4.69, 9.17) is 4.74 Å². The monoisotopic (exact) mass is 325 g/mol. The Morgan fingerprint density at radius 2 is 2.00 bits per heavy atom. The molecule has 1 saturated heterocycles. The van der Waals surface area contributed by atoms with Crippen molar-refractivity contribution < 1.29 is 9.53 Å². The van der Waals surface area contributed by atoms with E-state index in [0.717, 1.165) is 41.7 Å². The number of halogens is 1. The lowest BCUT2D eigenvalue weighted by molar-refractivity contribution is -0.138. The summed E-state index contributed by atoms with van der Waals surface area (Å²) in [4.78, 5) is 14.2. The largest absolute Gasteiger partial charge is 0.480 e. The lowest BCUT2D eigenvalue weighted by atomic mass is 10.1. The van der Waals surface area contributed by atoms with Gasteiger partial charge >= 0.3 is 0 Å². The van der Waals surface area contributed by atoms with Crippen LogP contribution in [0.2, 0.25) is 0 Å². The smallest absolute Gasteiger partial charge is 0.263 e. The van der Waals surface area contributed by atoms with Gasteiger partial charge in [-0.15, -0.1) is 0 Å². The van der Waals surface area contributed by atoms with Crippen molar-refractivity contribution in [3.8, 4) is 5.75 Å². The van der Waals surface area contributed by atoms with Crippen LogP contribution in [-0.4, -0.2) is 30.0 Å². The Morgan fingerprint density at radius 1 is 1.32 bits per heavy atom. The van der Waals surface area contributed by atoms with Gasteiger partial charge in [0, 0.05) is 13.1 Å². The zero-order chi connectivity index (χ0) is 13.8. The second kappa shape index (κ2) is 6.42. The van der Waals surface area contributed by atoms with Crippen LogP contribution in [0.4, 0.5) is 0 Å². The zero-order valence-electron chi connectivity index (χ0n) is 11.5. The highest BCUT2D eigenvalue weighted by atomic mass is 79.9. The Balaban J connectivity index is 1.99. The molecule has 0 saturated carbocycles. The highest BCUT2D eigenvalue weighted by molar-refractivity contribution is 9.10. The van der Waals surface area contributed by atoms with E-state index in [1.165, 1.54) is 6.42 Å². The number of ether oxygens (including phenoxy) is 1. The van der Waals surface area contributed by atoms with Gasteiger partial charge in [-0.05, 0) is 66.7 Å². The molecule has 0 aliphatic carbocycles. The molecule has 0 spiro atoms. The van der Waals surface area contributed by atoms with Crippen molar-refractivity contribution >= 4 is 21.8 Å². The number of piperidine rings is 1. The molecule has 1 aliphatic rings. The second-order valence-electron chi connectivity index (χ2n) is 5.08. The Kier molecular flexibility index (Phi) is 4.86. The van der Waals surface area contributed by atoms with Crippen molar-refractivity contribution in [3.05, 3.63) is 28.2 Å². The van der Waals surface area contributed by atoms with Gasteiger partial charge in [-0.25, -0.2) is 0 Å². The van der Waals surface area contributed by atoms with Crippen molar-refractivity contribution in [2.45, 2.75) is 39.2 Å². The number of benzene rings is 1. The van der Waals surface area contributed by atoms with Crippen molar-refractivity contribution in [1.29, 1.82) is 0 Å². The Hall–Kier alpha value is -1.03. The fourth-order valence-electron chi connectivity index (χ4n) is 2.31. The van der Waals surface area contributed by atoms with Gasteiger partial charge in [0.2, 0.25) is 0 Å². The topological polar surface area (TPSA) is 29.5 Å². The van der Waals surface area contributed by atoms with Gasteiger partial charge in [0.25, 0.3) is 5.91 Å². The van der Waals surface area contributed by atoms with Crippen LogP contribution >= 0.6 is 15.9 Å². The number of carbonyl (C=O) groups is 1. The number of carbonyl (C=O) groups excluding carboxylic acids is 1. The van der Waals surface area contributed by atoms with Crippen LogP contribution in [-0.2, 0) is 4.79 Å². The minimum Gasteiger partial charge on any atom is -0.480 e. The van der Waals surface area contributed by atoms with Gasteiger partial charge in [-0.2, -0.15) is 0 Å². The number of hydrogen-bond donors (Lipinski definition) is 0. The summed E-state index contributed by atoms with van der Waals surface area (Å²) in [6.07, 6.45) is 3.00. The summed E-state index contributed by atoms with van der Waals surface area (Å²) in [5.41, 5.74) is 1.16. The molecule has 0 bridgehead atoms. The van der Waals surface area contributed by atoms with Crippen LogP contribution in [0.15, 0.2) is 22.7 Å². The van der Waals surface area contributed by atoms with E-state index in [9.17, 15) is 4.79 Å². The molecule has 2 rings (SSSR count). The van der Waals surface area contributed by atoms with Crippen LogP contribution < -0.4 is 4.74 Å². The number of likely N-dealkylation sites (tertiary alicyclic amines) is 1. The molecule has 0 N–H and O–H groups in total. The van der Waals surface area contributed by atoms with E-state index in [0.29, 0.717) is 0 Å². The molecule has 19 heavy (non-hydrogen) atoms. The van der Waals surface area contributed by atoms with E-state index in [1.54, 1.807) is 0 Å². The molecular formula is C15H20BrNO2. The first-order valence-corrected chi connectivity index (χ1v) is 7.59. The van der Waals surface area contributed by atoms with Gasteiger partial charge in [-0.1, -0.05) is 6.07 Å². The Bertz CT molecular complexity index is 455. The van der Waals surface area contributed by atoms with E-state index < -0.39 is 6.10 Å². The Morgan fingerprint density at radius 3 is 2.63 bits per heavy atom. The summed E-state index contributed by atoms with van der Waals surface area (Å²) in [5, 5.41) is 0. The maximum absolute atomic E-state index is 12.3. The Labute approximate surface area is 123 Å². The number of hydrogen-bond acceptors (Lipinski definition) is 2. The highest BCUT2D eigenvalue weighted by Crippen LogP contribution is 2.27. The quantitative estimate of drug-likeness (QED) is 0.850. The van der Waals surface area contributed by atoms with Gasteiger partial charge in [0.15, 0.2) is 6.10 Å². The molecule has 3 nitrogen and oxygen atoms in total. The number of nitrogens with zero attached hydrogens (tertiary/aromatic N) is 1. The van der Waals surface area contributed by atoms with Crippen molar-refractivity contribution in [3.63, 3.8) is 0 Å². The van der Waals surface area contributed by atoms with Crippen LogP contribution in [0.3, 0.4) is 0 Å².